The molecule has 1 amide bonds. The van der Waals surface area contributed by atoms with E-state index >= 15 is 0 Å². The average molecular weight is 236 g/mol. The fourth-order valence-corrected chi connectivity index (χ4v) is 2.16. The first-order chi connectivity index (χ1) is 8.29. The Labute approximate surface area is 102 Å². The normalized spacial score (nSPS) is 17.4. The number of carbonyl (C=O) groups is 1. The van der Waals surface area contributed by atoms with E-state index in [4.69, 9.17) is 4.42 Å². The van der Waals surface area contributed by atoms with Crippen molar-refractivity contribution in [1.29, 1.82) is 0 Å². The lowest BCUT2D eigenvalue weighted by molar-refractivity contribution is -0.132. The first-order valence-electron chi connectivity index (χ1n) is 6.32. The summed E-state index contributed by atoms with van der Waals surface area (Å²) in [5, 5.41) is 0. The van der Waals surface area contributed by atoms with Crippen LogP contribution in [0, 0.1) is 0 Å². The van der Waals surface area contributed by atoms with Crippen LogP contribution >= 0.6 is 0 Å². The molecular weight excluding hydrogens is 216 g/mol. The third-order valence-corrected chi connectivity index (χ3v) is 3.34. The quantitative estimate of drug-likeness (QED) is 0.792. The second-order valence-electron chi connectivity index (χ2n) is 4.39. The van der Waals surface area contributed by atoms with Gasteiger partial charge in [-0.2, -0.15) is 0 Å². The summed E-state index contributed by atoms with van der Waals surface area (Å²) < 4.78 is 5.23. The van der Waals surface area contributed by atoms with Gasteiger partial charge in [-0.3, -0.25) is 4.79 Å². The third kappa shape index (κ3) is 3.33. The summed E-state index contributed by atoms with van der Waals surface area (Å²) in [5.74, 6) is 1.14. The molecule has 2 rings (SSSR count). The van der Waals surface area contributed by atoms with Crippen LogP contribution in [0.1, 0.15) is 19.1 Å². The lowest BCUT2D eigenvalue weighted by Gasteiger charge is -2.34. The Morgan fingerprint density at radius 2 is 2.12 bits per heavy atom. The van der Waals surface area contributed by atoms with Gasteiger partial charge in [0.1, 0.15) is 5.76 Å². The van der Waals surface area contributed by atoms with Crippen molar-refractivity contribution in [3.63, 3.8) is 0 Å². The van der Waals surface area contributed by atoms with E-state index in [2.05, 4.69) is 11.8 Å². The molecule has 17 heavy (non-hydrogen) atoms. The maximum absolute atomic E-state index is 12.0. The topological polar surface area (TPSA) is 36.7 Å². The largest absolute Gasteiger partial charge is 0.469 e. The maximum atomic E-state index is 12.0. The molecule has 4 nitrogen and oxygen atoms in total. The van der Waals surface area contributed by atoms with Gasteiger partial charge in [-0.15, -0.1) is 0 Å². The van der Waals surface area contributed by atoms with Crippen LogP contribution in [0.15, 0.2) is 22.8 Å². The van der Waals surface area contributed by atoms with Crippen LogP contribution < -0.4 is 0 Å². The molecule has 1 aromatic heterocycles. The number of hydrogen-bond acceptors (Lipinski definition) is 3. The molecular formula is C13H20N2O2. The number of rotatable bonds is 4. The van der Waals surface area contributed by atoms with Crippen molar-refractivity contribution in [3.8, 4) is 0 Å². The first-order valence-corrected chi connectivity index (χ1v) is 6.32. The third-order valence-electron chi connectivity index (χ3n) is 3.34. The molecule has 0 radical (unpaired) electrons. The standard InChI is InChI=1S/C13H20N2O2/c1-2-14-7-9-15(10-8-14)13(16)6-5-12-4-3-11-17-12/h3-4,11H,2,5-10H2,1H3. The van der Waals surface area contributed by atoms with Gasteiger partial charge in [0.25, 0.3) is 0 Å². The zero-order valence-corrected chi connectivity index (χ0v) is 10.4. The monoisotopic (exact) mass is 236 g/mol. The van der Waals surface area contributed by atoms with Crippen molar-refractivity contribution in [1.82, 2.24) is 9.80 Å². The Morgan fingerprint density at radius 3 is 2.71 bits per heavy atom. The van der Waals surface area contributed by atoms with E-state index in [-0.39, 0.29) is 5.91 Å². The SMILES string of the molecule is CCN1CCN(C(=O)CCc2ccco2)CC1. The van der Waals surface area contributed by atoms with E-state index in [0.717, 1.165) is 38.5 Å². The zero-order valence-electron chi connectivity index (χ0n) is 10.4. The van der Waals surface area contributed by atoms with Crippen molar-refractivity contribution >= 4 is 5.91 Å². The molecule has 0 N–H and O–H groups in total. The highest BCUT2D eigenvalue weighted by Gasteiger charge is 2.19. The van der Waals surface area contributed by atoms with Gasteiger partial charge in [0.05, 0.1) is 6.26 Å². The van der Waals surface area contributed by atoms with Gasteiger partial charge in [0.15, 0.2) is 0 Å². The molecule has 0 saturated carbocycles. The van der Waals surface area contributed by atoms with Gasteiger partial charge in [-0.05, 0) is 18.7 Å². The Balaban J connectivity index is 1.73. The predicted octanol–water partition coefficient (Wildman–Crippen LogP) is 1.38. The number of carbonyl (C=O) groups excluding carboxylic acids is 1. The second-order valence-corrected chi connectivity index (χ2v) is 4.39. The Morgan fingerprint density at radius 1 is 1.35 bits per heavy atom. The minimum atomic E-state index is 0.247. The van der Waals surface area contributed by atoms with Gasteiger partial charge in [-0.1, -0.05) is 6.92 Å². The van der Waals surface area contributed by atoms with Gasteiger partial charge >= 0.3 is 0 Å². The van der Waals surface area contributed by atoms with Crippen LogP contribution in [-0.4, -0.2) is 48.4 Å². The molecule has 0 spiro atoms. The van der Waals surface area contributed by atoms with Gasteiger partial charge in [-0.25, -0.2) is 0 Å². The van der Waals surface area contributed by atoms with Gasteiger partial charge in [0.2, 0.25) is 5.91 Å². The van der Waals surface area contributed by atoms with E-state index in [9.17, 15) is 4.79 Å². The van der Waals surface area contributed by atoms with Crippen LogP contribution in [0.4, 0.5) is 0 Å². The van der Waals surface area contributed by atoms with Crippen molar-refractivity contribution < 1.29 is 9.21 Å². The summed E-state index contributed by atoms with van der Waals surface area (Å²) in [6.45, 7) is 6.98. The molecule has 1 aromatic rings. The van der Waals surface area contributed by atoms with Crippen molar-refractivity contribution in [2.75, 3.05) is 32.7 Å². The fraction of sp³-hybridized carbons (Fsp3) is 0.615. The first kappa shape index (κ1) is 12.2. The van der Waals surface area contributed by atoms with Crippen molar-refractivity contribution in [2.45, 2.75) is 19.8 Å². The zero-order chi connectivity index (χ0) is 12.1. The summed E-state index contributed by atoms with van der Waals surface area (Å²) in [4.78, 5) is 16.3. The number of nitrogens with zero attached hydrogens (tertiary/aromatic N) is 2. The van der Waals surface area contributed by atoms with Crippen molar-refractivity contribution in [3.05, 3.63) is 24.2 Å². The summed E-state index contributed by atoms with van der Waals surface area (Å²) >= 11 is 0. The molecule has 1 aliphatic heterocycles. The van der Waals surface area contributed by atoms with Crippen LogP contribution in [0.5, 0.6) is 0 Å². The van der Waals surface area contributed by atoms with Crippen LogP contribution in [0.3, 0.4) is 0 Å². The molecule has 94 valence electrons. The van der Waals surface area contributed by atoms with Crippen molar-refractivity contribution in [2.24, 2.45) is 0 Å². The molecule has 0 aliphatic carbocycles. The Bertz CT molecular complexity index is 340. The average Bonchev–Trinajstić information content (AvgIpc) is 2.89. The maximum Gasteiger partial charge on any atom is 0.223 e. The Hall–Kier alpha value is -1.29. The molecule has 0 unspecified atom stereocenters. The minimum absolute atomic E-state index is 0.247. The number of aryl methyl sites for hydroxylation is 1. The lowest BCUT2D eigenvalue weighted by Crippen LogP contribution is -2.48. The predicted molar refractivity (Wildman–Crippen MR) is 65.7 cm³/mol. The molecule has 2 heterocycles. The van der Waals surface area contributed by atoms with Gasteiger partial charge < -0.3 is 14.2 Å². The second kappa shape index (κ2) is 5.87. The van der Waals surface area contributed by atoms with E-state index in [1.54, 1.807) is 6.26 Å². The summed E-state index contributed by atoms with van der Waals surface area (Å²) in [6, 6.07) is 3.78. The smallest absolute Gasteiger partial charge is 0.223 e. The number of likely N-dealkylation sites (N-methyl/N-ethyl adjacent to an activating group) is 1. The summed E-state index contributed by atoms with van der Waals surface area (Å²) in [6.07, 6.45) is 2.92. The number of piperazine rings is 1. The number of furan rings is 1. The highest BCUT2D eigenvalue weighted by molar-refractivity contribution is 5.76. The minimum Gasteiger partial charge on any atom is -0.469 e. The van der Waals surface area contributed by atoms with E-state index in [1.807, 2.05) is 17.0 Å². The molecule has 1 aliphatic rings. The van der Waals surface area contributed by atoms with E-state index in [0.29, 0.717) is 12.8 Å². The van der Waals surface area contributed by atoms with Crippen LogP contribution in [-0.2, 0) is 11.2 Å². The fourth-order valence-electron chi connectivity index (χ4n) is 2.16. The van der Waals surface area contributed by atoms with Crippen LogP contribution in [0.25, 0.3) is 0 Å². The highest BCUT2D eigenvalue weighted by atomic mass is 16.3. The van der Waals surface area contributed by atoms with E-state index < -0.39 is 0 Å². The molecule has 4 heteroatoms. The summed E-state index contributed by atoms with van der Waals surface area (Å²) in [5.41, 5.74) is 0. The van der Waals surface area contributed by atoms with E-state index in [1.165, 1.54) is 0 Å². The van der Waals surface area contributed by atoms with Crippen LogP contribution in [0.2, 0.25) is 0 Å². The summed E-state index contributed by atoms with van der Waals surface area (Å²) in [7, 11) is 0. The molecule has 0 bridgehead atoms. The van der Waals surface area contributed by atoms with Gasteiger partial charge in [0, 0.05) is 39.0 Å². The number of amides is 1. The number of hydrogen-bond donors (Lipinski definition) is 0. The molecule has 1 saturated heterocycles. The molecule has 1 fully saturated rings. The lowest BCUT2D eigenvalue weighted by atomic mass is 10.2. The highest BCUT2D eigenvalue weighted by Crippen LogP contribution is 2.08. The molecule has 0 aromatic carbocycles. The Kier molecular flexibility index (Phi) is 4.20. The molecule has 0 atom stereocenters.